The van der Waals surface area contributed by atoms with Crippen LogP contribution in [0, 0.1) is 17.7 Å². The van der Waals surface area contributed by atoms with Gasteiger partial charge in [-0.25, -0.2) is 9.18 Å². The second kappa shape index (κ2) is 8.68. The fraction of sp³-hybridized carbons (Fsp3) is 0.346. The number of amides is 3. The van der Waals surface area contributed by atoms with Crippen molar-refractivity contribution in [1.82, 2.24) is 15.2 Å². The molecule has 10 nitrogen and oxygen atoms in total. The van der Waals surface area contributed by atoms with E-state index in [2.05, 4.69) is 10.3 Å². The molecule has 0 aliphatic carbocycles. The summed E-state index contributed by atoms with van der Waals surface area (Å²) in [5.41, 5.74) is -0.397. The zero-order valence-corrected chi connectivity index (χ0v) is 20.6. The third-order valence-corrected chi connectivity index (χ3v) is 7.53. The minimum atomic E-state index is -1.50. The molecule has 1 saturated heterocycles. The highest BCUT2D eigenvalue weighted by atomic mass is 19.1. The zero-order valence-electron chi connectivity index (χ0n) is 20.6. The Morgan fingerprint density at radius 3 is 2.70 bits per heavy atom. The maximum Gasteiger partial charge on any atom is 0.339 e. The highest BCUT2D eigenvalue weighted by Gasteiger charge is 2.57. The topological polar surface area (TPSA) is 128 Å². The molecular formula is C26H24FN3O7. The Morgan fingerprint density at radius 1 is 1.24 bits per heavy atom. The van der Waals surface area contributed by atoms with E-state index in [1.165, 1.54) is 37.4 Å². The van der Waals surface area contributed by atoms with Crippen LogP contribution in [0.1, 0.15) is 45.9 Å². The van der Waals surface area contributed by atoms with Crippen molar-refractivity contribution in [2.45, 2.75) is 25.8 Å². The highest BCUT2D eigenvalue weighted by molar-refractivity contribution is 6.06. The first-order chi connectivity index (χ1) is 17.6. The number of ether oxygens (including phenoxy) is 2. The Kier molecular flexibility index (Phi) is 5.73. The number of rotatable bonds is 5. The first kappa shape index (κ1) is 24.4. The van der Waals surface area contributed by atoms with Crippen LogP contribution in [0.5, 0.6) is 5.75 Å². The average molecular weight is 509 g/mol. The van der Waals surface area contributed by atoms with Crippen molar-refractivity contribution in [3.05, 3.63) is 58.7 Å². The van der Waals surface area contributed by atoms with Crippen LogP contribution in [-0.4, -0.2) is 54.3 Å². The van der Waals surface area contributed by atoms with E-state index >= 15 is 0 Å². The summed E-state index contributed by atoms with van der Waals surface area (Å²) in [5, 5.41) is 2.41. The SMILES string of the molecule is COC(=O)c1cnc2cc([C@@]3(CN4Cc5ccc(OC)c(F)c5C4=O)C(=O)NC(=O)C(C)C3C)oc2c1. The van der Waals surface area contributed by atoms with Gasteiger partial charge in [0.25, 0.3) is 5.91 Å². The smallest absolute Gasteiger partial charge is 0.339 e. The maximum absolute atomic E-state index is 15.0. The quantitative estimate of drug-likeness (QED) is 0.411. The number of benzene rings is 1. The molecule has 0 spiro atoms. The minimum Gasteiger partial charge on any atom is -0.494 e. The van der Waals surface area contributed by atoms with Crippen molar-refractivity contribution >= 4 is 34.8 Å². The number of halogens is 1. The van der Waals surface area contributed by atoms with Crippen molar-refractivity contribution in [2.24, 2.45) is 11.8 Å². The predicted octanol–water partition coefficient (Wildman–Crippen LogP) is 2.58. The third kappa shape index (κ3) is 3.56. The number of methoxy groups -OCH3 is 2. The van der Waals surface area contributed by atoms with Gasteiger partial charge in [0.15, 0.2) is 17.1 Å². The van der Waals surface area contributed by atoms with Gasteiger partial charge in [0.05, 0.1) is 25.3 Å². The summed E-state index contributed by atoms with van der Waals surface area (Å²) in [5.74, 6) is -4.17. The van der Waals surface area contributed by atoms with Gasteiger partial charge in [-0.3, -0.25) is 24.7 Å². The summed E-state index contributed by atoms with van der Waals surface area (Å²) in [6.07, 6.45) is 1.33. The van der Waals surface area contributed by atoms with Crippen molar-refractivity contribution < 1.29 is 37.5 Å². The summed E-state index contributed by atoms with van der Waals surface area (Å²) in [7, 11) is 2.55. The number of carbonyl (C=O) groups excluding carboxylic acids is 4. The number of hydrogen-bond acceptors (Lipinski definition) is 8. The van der Waals surface area contributed by atoms with Gasteiger partial charge in [-0.15, -0.1) is 0 Å². The molecule has 1 aromatic carbocycles. The molecule has 3 aromatic rings. The molecule has 2 aromatic heterocycles. The lowest BCUT2D eigenvalue weighted by molar-refractivity contribution is -0.146. The van der Waals surface area contributed by atoms with Gasteiger partial charge in [0, 0.05) is 31.3 Å². The molecule has 3 atom stereocenters. The van der Waals surface area contributed by atoms with Crippen LogP contribution in [0.4, 0.5) is 4.39 Å². The van der Waals surface area contributed by atoms with E-state index in [1.807, 2.05) is 0 Å². The average Bonchev–Trinajstić information content (AvgIpc) is 3.45. The van der Waals surface area contributed by atoms with Crippen LogP contribution in [0.25, 0.3) is 11.1 Å². The molecule has 192 valence electrons. The number of imide groups is 1. The van der Waals surface area contributed by atoms with E-state index in [9.17, 15) is 23.6 Å². The van der Waals surface area contributed by atoms with Gasteiger partial charge < -0.3 is 18.8 Å². The van der Waals surface area contributed by atoms with Crippen LogP contribution in [0.3, 0.4) is 0 Å². The van der Waals surface area contributed by atoms with Crippen molar-refractivity contribution in [3.8, 4) is 5.75 Å². The molecule has 1 N–H and O–H groups in total. The van der Waals surface area contributed by atoms with Crippen molar-refractivity contribution in [1.29, 1.82) is 0 Å². The number of fused-ring (bicyclic) bond motifs is 2. The lowest BCUT2D eigenvalue weighted by Gasteiger charge is -2.43. The van der Waals surface area contributed by atoms with Crippen molar-refractivity contribution in [2.75, 3.05) is 20.8 Å². The molecule has 3 amide bonds. The number of aromatic nitrogens is 1. The van der Waals surface area contributed by atoms with Crippen LogP contribution >= 0.6 is 0 Å². The normalized spacial score (nSPS) is 23.3. The Labute approximate surface area is 210 Å². The molecule has 2 aliphatic heterocycles. The zero-order chi connectivity index (χ0) is 26.6. The molecule has 5 rings (SSSR count). The van der Waals surface area contributed by atoms with Gasteiger partial charge in [0.1, 0.15) is 16.7 Å². The fourth-order valence-electron chi connectivity index (χ4n) is 5.18. The minimum absolute atomic E-state index is 0.0589. The first-order valence-electron chi connectivity index (χ1n) is 11.6. The molecule has 2 unspecified atom stereocenters. The molecule has 0 bridgehead atoms. The van der Waals surface area contributed by atoms with Crippen molar-refractivity contribution in [3.63, 3.8) is 0 Å². The second-order valence-electron chi connectivity index (χ2n) is 9.35. The maximum atomic E-state index is 15.0. The van der Waals surface area contributed by atoms with Crippen LogP contribution in [0.2, 0.25) is 0 Å². The number of nitrogens with zero attached hydrogens (tertiary/aromatic N) is 2. The summed E-state index contributed by atoms with van der Waals surface area (Å²) in [6, 6.07) is 6.06. The van der Waals surface area contributed by atoms with Gasteiger partial charge in [-0.05, 0) is 23.6 Å². The molecule has 37 heavy (non-hydrogen) atoms. The van der Waals surface area contributed by atoms with Gasteiger partial charge >= 0.3 is 5.97 Å². The molecule has 4 heterocycles. The van der Waals surface area contributed by atoms with Gasteiger partial charge in [0.2, 0.25) is 11.8 Å². The Balaban J connectivity index is 1.62. The molecule has 2 aliphatic rings. The van der Waals surface area contributed by atoms with Crippen LogP contribution in [-0.2, 0) is 26.3 Å². The van der Waals surface area contributed by atoms with Gasteiger partial charge in [-0.2, -0.15) is 0 Å². The predicted molar refractivity (Wildman–Crippen MR) is 126 cm³/mol. The monoisotopic (exact) mass is 509 g/mol. The van der Waals surface area contributed by atoms with Gasteiger partial charge in [-0.1, -0.05) is 19.9 Å². The molecule has 0 radical (unpaired) electrons. The number of nitrogens with one attached hydrogen (secondary N) is 1. The number of piperidine rings is 1. The summed E-state index contributed by atoms with van der Waals surface area (Å²) >= 11 is 0. The van der Waals surface area contributed by atoms with E-state index < -0.39 is 46.8 Å². The number of pyridine rings is 1. The van der Waals surface area contributed by atoms with E-state index in [-0.39, 0.29) is 41.3 Å². The number of carbonyl (C=O) groups is 4. The first-order valence-corrected chi connectivity index (χ1v) is 11.6. The lowest BCUT2D eigenvalue weighted by Crippen LogP contribution is -2.63. The standard InChI is InChI=1S/C26H24FN3O7/c1-12-13(2)26(25(34)29-22(12)31,19-8-16-18(37-19)7-15(9-28-16)24(33)36-4)11-30-10-14-5-6-17(35-3)21(27)20(14)23(30)32/h5-9,12-13H,10-11H2,1-4H3,(H,29,31,34)/t12?,13?,26-/m0/s1. The summed E-state index contributed by atoms with van der Waals surface area (Å²) < 4.78 is 30.8. The Morgan fingerprint density at radius 2 is 2.00 bits per heavy atom. The van der Waals surface area contributed by atoms with Crippen LogP contribution < -0.4 is 10.1 Å². The third-order valence-electron chi connectivity index (χ3n) is 7.53. The van der Waals surface area contributed by atoms with Crippen LogP contribution in [0.15, 0.2) is 34.9 Å². The molecular weight excluding hydrogens is 485 g/mol. The van der Waals surface area contributed by atoms with E-state index in [4.69, 9.17) is 13.9 Å². The largest absolute Gasteiger partial charge is 0.494 e. The number of hydrogen-bond donors (Lipinski definition) is 1. The summed E-state index contributed by atoms with van der Waals surface area (Å²) in [4.78, 5) is 57.0. The Hall–Kier alpha value is -4.28. The van der Waals surface area contributed by atoms with E-state index in [0.717, 1.165) is 0 Å². The van der Waals surface area contributed by atoms with E-state index in [1.54, 1.807) is 26.0 Å². The fourth-order valence-corrected chi connectivity index (χ4v) is 5.18. The molecule has 11 heteroatoms. The number of furan rings is 1. The second-order valence-corrected chi connectivity index (χ2v) is 9.35. The highest BCUT2D eigenvalue weighted by Crippen LogP contribution is 2.44. The molecule has 0 saturated carbocycles. The molecule has 1 fully saturated rings. The lowest BCUT2D eigenvalue weighted by atomic mass is 9.65. The van der Waals surface area contributed by atoms with E-state index in [0.29, 0.717) is 11.1 Å². The number of esters is 1. The Bertz CT molecular complexity index is 1480. The summed E-state index contributed by atoms with van der Waals surface area (Å²) in [6.45, 7) is 3.29.